The molecule has 0 unspecified atom stereocenters. The molecule has 0 amide bonds. The van der Waals surface area contributed by atoms with Crippen LogP contribution in [0.3, 0.4) is 0 Å². The lowest BCUT2D eigenvalue weighted by Gasteiger charge is -2.27. The van der Waals surface area contributed by atoms with Gasteiger partial charge in [0.1, 0.15) is 12.7 Å². The van der Waals surface area contributed by atoms with Crippen molar-refractivity contribution in [3.63, 3.8) is 0 Å². The van der Waals surface area contributed by atoms with Gasteiger partial charge in [0.05, 0.1) is 31.5 Å². The molecule has 0 radical (unpaired) electrons. The van der Waals surface area contributed by atoms with E-state index >= 15 is 0 Å². The molecule has 1 aromatic heterocycles. The maximum atomic E-state index is 12.5. The van der Waals surface area contributed by atoms with Crippen molar-refractivity contribution in [2.75, 3.05) is 57.6 Å². The number of rotatable bonds is 22. The van der Waals surface area contributed by atoms with Crippen LogP contribution >= 0.6 is 11.7 Å². The van der Waals surface area contributed by atoms with Crippen LogP contribution in [0.25, 0.3) is 0 Å². The van der Waals surface area contributed by atoms with E-state index in [2.05, 4.69) is 21.0 Å². The molecule has 0 aromatic carbocycles. The summed E-state index contributed by atoms with van der Waals surface area (Å²) in [5.74, 6) is -1.21. The summed E-state index contributed by atoms with van der Waals surface area (Å²) in [4.78, 5) is 38.4. The number of unbranched alkanes of at least 4 members (excludes halogenated alkanes) is 9. The third-order valence-corrected chi connectivity index (χ3v) is 7.25. The average molecular weight is 641 g/mol. The minimum absolute atomic E-state index is 0.0285. The smallest absolute Gasteiger partial charge is 0.344 e. The summed E-state index contributed by atoms with van der Waals surface area (Å²) in [7, 11) is 0. The standard InChI is InChI=1S/C31H52N4O8S/c1-5-6-7-8-9-10-11-12-13-14-19-40-28(38)24-41-26(36)15-16-27(37)43-25(22-32-31(2,3)4)23-42-30-29(33-44-34-30)35-17-20-39-21-18-35/h15-16,25,32H,5-14,17-24H2,1-4H3/b16-15+/t25-/m0/s1. The molecular formula is C31H52N4O8S. The van der Waals surface area contributed by atoms with Crippen molar-refractivity contribution in [3.05, 3.63) is 12.2 Å². The Morgan fingerprint density at radius 3 is 2.23 bits per heavy atom. The summed E-state index contributed by atoms with van der Waals surface area (Å²) in [6.45, 7) is 10.9. The molecule has 1 aliphatic heterocycles. The van der Waals surface area contributed by atoms with Crippen molar-refractivity contribution in [1.82, 2.24) is 14.1 Å². The zero-order chi connectivity index (χ0) is 32.0. The quantitative estimate of drug-likeness (QED) is 0.0819. The van der Waals surface area contributed by atoms with E-state index in [-0.39, 0.29) is 12.1 Å². The summed E-state index contributed by atoms with van der Waals surface area (Å²) >= 11 is 1.05. The molecule has 1 aromatic rings. The molecular weight excluding hydrogens is 588 g/mol. The Morgan fingerprint density at radius 1 is 0.932 bits per heavy atom. The first-order valence-electron chi connectivity index (χ1n) is 15.9. The number of carbonyl (C=O) groups excluding carboxylic acids is 3. The van der Waals surface area contributed by atoms with Gasteiger partial charge < -0.3 is 33.9 Å². The van der Waals surface area contributed by atoms with Crippen LogP contribution in [0.4, 0.5) is 5.82 Å². The van der Waals surface area contributed by atoms with Crippen LogP contribution in [0.2, 0.25) is 0 Å². The highest BCUT2D eigenvalue weighted by Gasteiger charge is 2.23. The fourth-order valence-corrected chi connectivity index (χ4v) is 4.82. The van der Waals surface area contributed by atoms with Gasteiger partial charge in [0.25, 0.3) is 5.88 Å². The number of anilines is 1. The molecule has 250 valence electrons. The van der Waals surface area contributed by atoms with Gasteiger partial charge >= 0.3 is 17.9 Å². The van der Waals surface area contributed by atoms with E-state index in [0.29, 0.717) is 51.2 Å². The van der Waals surface area contributed by atoms with Gasteiger partial charge in [-0.05, 0) is 27.2 Å². The molecule has 0 aliphatic carbocycles. The molecule has 2 heterocycles. The summed E-state index contributed by atoms with van der Waals surface area (Å²) in [6.07, 6.45) is 13.1. The van der Waals surface area contributed by atoms with Gasteiger partial charge in [0.15, 0.2) is 6.61 Å². The number of ether oxygens (including phenoxy) is 5. The van der Waals surface area contributed by atoms with E-state index in [9.17, 15) is 14.4 Å². The lowest BCUT2D eigenvalue weighted by Crippen LogP contribution is -2.44. The number of aromatic nitrogens is 2. The fraction of sp³-hybridized carbons (Fsp3) is 0.774. The number of nitrogens with one attached hydrogen (secondary N) is 1. The van der Waals surface area contributed by atoms with E-state index < -0.39 is 30.6 Å². The van der Waals surface area contributed by atoms with E-state index in [1.165, 1.54) is 44.9 Å². The van der Waals surface area contributed by atoms with Gasteiger partial charge in [-0.3, -0.25) is 0 Å². The molecule has 0 bridgehead atoms. The van der Waals surface area contributed by atoms with Crippen LogP contribution in [-0.2, 0) is 33.3 Å². The van der Waals surface area contributed by atoms with Gasteiger partial charge in [-0.25, -0.2) is 14.4 Å². The zero-order valence-corrected chi connectivity index (χ0v) is 27.8. The van der Waals surface area contributed by atoms with Gasteiger partial charge in [-0.1, -0.05) is 64.7 Å². The van der Waals surface area contributed by atoms with Crippen molar-refractivity contribution in [2.24, 2.45) is 0 Å². The Morgan fingerprint density at radius 2 is 1.57 bits per heavy atom. The van der Waals surface area contributed by atoms with Gasteiger partial charge in [-0.2, -0.15) is 4.37 Å². The monoisotopic (exact) mass is 640 g/mol. The lowest BCUT2D eigenvalue weighted by atomic mass is 10.1. The number of nitrogens with zero attached hydrogens (tertiary/aromatic N) is 3. The second-order valence-corrected chi connectivity index (χ2v) is 12.4. The Balaban J connectivity index is 1.67. The van der Waals surface area contributed by atoms with Crippen LogP contribution in [0.1, 0.15) is 91.9 Å². The highest BCUT2D eigenvalue weighted by atomic mass is 32.1. The molecule has 12 nitrogen and oxygen atoms in total. The van der Waals surface area contributed by atoms with Crippen LogP contribution in [-0.4, -0.2) is 91.0 Å². The molecule has 44 heavy (non-hydrogen) atoms. The van der Waals surface area contributed by atoms with Gasteiger partial charge in [0, 0.05) is 37.3 Å². The van der Waals surface area contributed by atoms with E-state index in [1.54, 1.807) is 0 Å². The first-order valence-corrected chi connectivity index (χ1v) is 16.6. The molecule has 0 saturated carbocycles. The van der Waals surface area contributed by atoms with Crippen LogP contribution < -0.4 is 15.0 Å². The first kappa shape index (κ1) is 37.4. The fourth-order valence-electron chi connectivity index (χ4n) is 4.30. The van der Waals surface area contributed by atoms with Crippen LogP contribution in [0.15, 0.2) is 12.2 Å². The normalized spacial score (nSPS) is 14.4. The molecule has 1 atom stereocenters. The Kier molecular flexibility index (Phi) is 18.6. The minimum atomic E-state index is -0.845. The Hall–Kier alpha value is -2.77. The van der Waals surface area contributed by atoms with Crippen molar-refractivity contribution in [2.45, 2.75) is 104 Å². The largest absolute Gasteiger partial charge is 0.470 e. The van der Waals surface area contributed by atoms with E-state index in [1.807, 2.05) is 25.7 Å². The van der Waals surface area contributed by atoms with E-state index in [0.717, 1.165) is 43.1 Å². The summed E-state index contributed by atoms with van der Waals surface area (Å²) in [5.41, 5.74) is -0.229. The molecule has 13 heteroatoms. The Labute approximate surface area is 266 Å². The predicted molar refractivity (Wildman–Crippen MR) is 169 cm³/mol. The number of morpholine rings is 1. The minimum Gasteiger partial charge on any atom is -0.470 e. The number of carbonyl (C=O) groups is 3. The molecule has 1 fully saturated rings. The zero-order valence-electron chi connectivity index (χ0n) is 27.0. The maximum Gasteiger partial charge on any atom is 0.344 e. The topological polar surface area (TPSA) is 138 Å². The first-order chi connectivity index (χ1) is 21.2. The molecule has 0 spiro atoms. The summed E-state index contributed by atoms with van der Waals surface area (Å²) < 4.78 is 35.5. The second kappa shape index (κ2) is 21.9. The van der Waals surface area contributed by atoms with Crippen molar-refractivity contribution >= 4 is 35.5 Å². The van der Waals surface area contributed by atoms with Crippen molar-refractivity contribution in [1.29, 1.82) is 0 Å². The van der Waals surface area contributed by atoms with Crippen molar-refractivity contribution < 1.29 is 38.1 Å². The molecule has 1 aliphatic rings. The Bertz CT molecular complexity index is 992. The van der Waals surface area contributed by atoms with Gasteiger partial charge in [0.2, 0.25) is 5.82 Å². The van der Waals surface area contributed by atoms with E-state index in [4.69, 9.17) is 23.7 Å². The van der Waals surface area contributed by atoms with Gasteiger partial charge in [-0.15, -0.1) is 4.37 Å². The number of esters is 3. The second-order valence-electron chi connectivity index (χ2n) is 11.8. The molecule has 2 rings (SSSR count). The number of hydrogen-bond acceptors (Lipinski definition) is 13. The third-order valence-electron chi connectivity index (χ3n) is 6.75. The maximum absolute atomic E-state index is 12.5. The van der Waals surface area contributed by atoms with Crippen LogP contribution in [0.5, 0.6) is 5.88 Å². The average Bonchev–Trinajstić information content (AvgIpc) is 3.48. The highest BCUT2D eigenvalue weighted by Crippen LogP contribution is 2.26. The van der Waals surface area contributed by atoms with Crippen molar-refractivity contribution in [3.8, 4) is 5.88 Å². The summed E-state index contributed by atoms with van der Waals surface area (Å²) in [5, 5.41) is 3.29. The molecule has 1 saturated heterocycles. The SMILES string of the molecule is CCCCCCCCCCCCOC(=O)COC(=O)/C=C/C(=O)O[C@@H](CNC(C)(C)C)COc1nsnc1N1CCOCC1. The highest BCUT2D eigenvalue weighted by molar-refractivity contribution is 6.99. The lowest BCUT2D eigenvalue weighted by molar-refractivity contribution is -0.156. The third kappa shape index (κ3) is 17.5. The number of hydrogen-bond donors (Lipinski definition) is 1. The summed E-state index contributed by atoms with van der Waals surface area (Å²) in [6, 6.07) is 0. The predicted octanol–water partition coefficient (Wildman–Crippen LogP) is 4.62. The molecule has 1 N–H and O–H groups in total. The van der Waals surface area contributed by atoms with Crippen LogP contribution in [0, 0.1) is 0 Å².